The van der Waals surface area contributed by atoms with Gasteiger partial charge < -0.3 is 9.88 Å². The van der Waals surface area contributed by atoms with Gasteiger partial charge in [0.05, 0.1) is 5.52 Å². The summed E-state index contributed by atoms with van der Waals surface area (Å²) in [5.41, 5.74) is 1.83. The normalized spacial score (nSPS) is 10.7. The predicted molar refractivity (Wildman–Crippen MR) is 75.1 cm³/mol. The molecule has 1 aromatic carbocycles. The van der Waals surface area contributed by atoms with Crippen molar-refractivity contribution in [2.75, 3.05) is 5.32 Å². The summed E-state index contributed by atoms with van der Waals surface area (Å²) in [5, 5.41) is 3.61. The first-order valence-electron chi connectivity index (χ1n) is 6.11. The van der Waals surface area contributed by atoms with E-state index in [1.54, 1.807) is 48.3 Å². The Morgan fingerprint density at radius 3 is 2.70 bits per heavy atom. The first kappa shape index (κ1) is 12.3. The molecule has 0 atom stereocenters. The molecule has 0 saturated heterocycles. The highest BCUT2D eigenvalue weighted by Crippen LogP contribution is 2.20. The summed E-state index contributed by atoms with van der Waals surface area (Å²) in [6.07, 6.45) is 3.21. The molecule has 0 aliphatic rings. The number of amides is 1. The fraction of sp³-hybridized carbons (Fsp3) is 0.0667. The molecule has 0 spiro atoms. The zero-order valence-corrected chi connectivity index (χ0v) is 10.8. The van der Waals surface area contributed by atoms with Crippen LogP contribution in [0.1, 0.15) is 10.5 Å². The van der Waals surface area contributed by atoms with E-state index < -0.39 is 0 Å². The number of benzene rings is 1. The lowest BCUT2D eigenvalue weighted by atomic mass is 10.2. The second-order valence-corrected chi connectivity index (χ2v) is 4.48. The first-order valence-corrected chi connectivity index (χ1v) is 6.11. The van der Waals surface area contributed by atoms with Gasteiger partial charge in [-0.25, -0.2) is 4.39 Å². The van der Waals surface area contributed by atoms with Crippen LogP contribution >= 0.6 is 0 Å². The van der Waals surface area contributed by atoms with Crippen LogP contribution in [0.5, 0.6) is 0 Å². The van der Waals surface area contributed by atoms with Crippen LogP contribution in [0.4, 0.5) is 10.1 Å². The van der Waals surface area contributed by atoms with Crippen LogP contribution < -0.4 is 5.32 Å². The maximum Gasteiger partial charge on any atom is 0.272 e. The van der Waals surface area contributed by atoms with Crippen LogP contribution in [-0.2, 0) is 7.05 Å². The molecule has 4 nitrogen and oxygen atoms in total. The van der Waals surface area contributed by atoms with Gasteiger partial charge in [-0.3, -0.25) is 9.78 Å². The van der Waals surface area contributed by atoms with Crippen LogP contribution in [0.25, 0.3) is 10.9 Å². The van der Waals surface area contributed by atoms with Gasteiger partial charge in [0.1, 0.15) is 11.5 Å². The van der Waals surface area contributed by atoms with Crippen LogP contribution in [0.2, 0.25) is 0 Å². The minimum atomic E-state index is -0.320. The van der Waals surface area contributed by atoms with Gasteiger partial charge in [-0.2, -0.15) is 0 Å². The average molecular weight is 269 g/mol. The monoisotopic (exact) mass is 269 g/mol. The fourth-order valence-corrected chi connectivity index (χ4v) is 2.15. The Morgan fingerprint density at radius 1 is 1.20 bits per heavy atom. The maximum absolute atomic E-state index is 13.3. The summed E-state index contributed by atoms with van der Waals surface area (Å²) in [7, 11) is 1.74. The van der Waals surface area contributed by atoms with E-state index in [9.17, 15) is 9.18 Å². The molecule has 5 heteroatoms. The van der Waals surface area contributed by atoms with Crippen molar-refractivity contribution in [1.29, 1.82) is 0 Å². The van der Waals surface area contributed by atoms with E-state index in [1.165, 1.54) is 12.1 Å². The summed E-state index contributed by atoms with van der Waals surface area (Å²) in [6, 6.07) is 9.62. The van der Waals surface area contributed by atoms with Gasteiger partial charge in [-0.05, 0) is 36.4 Å². The van der Waals surface area contributed by atoms with Crippen molar-refractivity contribution < 1.29 is 9.18 Å². The molecule has 0 unspecified atom stereocenters. The van der Waals surface area contributed by atoms with E-state index in [-0.39, 0.29) is 11.7 Å². The van der Waals surface area contributed by atoms with Gasteiger partial charge in [0.25, 0.3) is 5.91 Å². The topological polar surface area (TPSA) is 46.9 Å². The van der Waals surface area contributed by atoms with Crippen molar-refractivity contribution >= 4 is 22.5 Å². The van der Waals surface area contributed by atoms with Gasteiger partial charge in [0.2, 0.25) is 0 Å². The number of halogens is 1. The second-order valence-electron chi connectivity index (χ2n) is 4.48. The molecule has 100 valence electrons. The quantitative estimate of drug-likeness (QED) is 0.777. The standard InChI is InChI=1S/C15H12FN3O/c1-19-13-9-11(16)3-2-10(13)8-14(19)15(20)18-12-4-6-17-7-5-12/h2-9H,1H3,(H,17,18,20). The Balaban J connectivity index is 1.98. The number of nitrogens with zero attached hydrogens (tertiary/aromatic N) is 2. The molecular weight excluding hydrogens is 257 g/mol. The number of carbonyl (C=O) groups excluding carboxylic acids is 1. The Bertz CT molecular complexity index is 780. The third kappa shape index (κ3) is 2.14. The zero-order chi connectivity index (χ0) is 14.1. The summed E-state index contributed by atoms with van der Waals surface area (Å²) in [6.45, 7) is 0. The predicted octanol–water partition coefficient (Wildman–Crippen LogP) is 2.96. The molecule has 0 bridgehead atoms. The minimum absolute atomic E-state index is 0.240. The number of anilines is 1. The summed E-state index contributed by atoms with van der Waals surface area (Å²) >= 11 is 0. The number of pyridine rings is 1. The van der Waals surface area contributed by atoms with Crippen LogP contribution in [0, 0.1) is 5.82 Å². The summed E-state index contributed by atoms with van der Waals surface area (Å²) in [5.74, 6) is -0.560. The maximum atomic E-state index is 13.3. The molecule has 0 aliphatic heterocycles. The smallest absolute Gasteiger partial charge is 0.272 e. The lowest BCUT2D eigenvalue weighted by molar-refractivity contribution is 0.101. The Hall–Kier alpha value is -2.69. The average Bonchev–Trinajstić information content (AvgIpc) is 2.77. The van der Waals surface area contributed by atoms with E-state index in [1.807, 2.05) is 0 Å². The van der Waals surface area contributed by atoms with E-state index in [2.05, 4.69) is 10.3 Å². The van der Waals surface area contributed by atoms with Gasteiger partial charge in [-0.15, -0.1) is 0 Å². The van der Waals surface area contributed by atoms with E-state index >= 15 is 0 Å². The minimum Gasteiger partial charge on any atom is -0.340 e. The van der Waals surface area contributed by atoms with E-state index in [4.69, 9.17) is 0 Å². The molecule has 0 aliphatic carbocycles. The van der Waals surface area contributed by atoms with Crippen LogP contribution in [0.3, 0.4) is 0 Å². The van der Waals surface area contributed by atoms with Crippen molar-refractivity contribution in [2.24, 2.45) is 7.05 Å². The molecule has 3 rings (SSSR count). The molecule has 2 aromatic heterocycles. The number of aromatic nitrogens is 2. The Labute approximate surface area is 114 Å². The van der Waals surface area contributed by atoms with E-state index in [0.717, 1.165) is 5.39 Å². The molecule has 20 heavy (non-hydrogen) atoms. The molecule has 3 aromatic rings. The molecule has 1 amide bonds. The van der Waals surface area contributed by atoms with Crippen molar-refractivity contribution in [2.45, 2.75) is 0 Å². The number of nitrogens with one attached hydrogen (secondary N) is 1. The zero-order valence-electron chi connectivity index (χ0n) is 10.8. The van der Waals surface area contributed by atoms with Crippen molar-refractivity contribution in [3.05, 3.63) is 60.3 Å². The molecule has 0 saturated carbocycles. The second kappa shape index (κ2) is 4.77. The highest BCUT2D eigenvalue weighted by molar-refractivity contribution is 6.06. The number of hydrogen-bond donors (Lipinski definition) is 1. The van der Waals surface area contributed by atoms with Crippen LogP contribution in [0.15, 0.2) is 48.8 Å². The van der Waals surface area contributed by atoms with Gasteiger partial charge in [0, 0.05) is 30.5 Å². The number of carbonyl (C=O) groups is 1. The molecule has 0 fully saturated rings. The lowest BCUT2D eigenvalue weighted by Gasteiger charge is -2.06. The summed E-state index contributed by atoms with van der Waals surface area (Å²) in [4.78, 5) is 16.1. The van der Waals surface area contributed by atoms with E-state index in [0.29, 0.717) is 16.9 Å². The molecule has 0 radical (unpaired) electrons. The largest absolute Gasteiger partial charge is 0.340 e. The first-order chi connectivity index (χ1) is 9.65. The van der Waals surface area contributed by atoms with Crippen LogP contribution in [-0.4, -0.2) is 15.5 Å². The molecular formula is C15H12FN3O. The van der Waals surface area contributed by atoms with Gasteiger partial charge in [-0.1, -0.05) is 0 Å². The van der Waals surface area contributed by atoms with Crippen molar-refractivity contribution in [3.8, 4) is 0 Å². The SMILES string of the molecule is Cn1c(C(=O)Nc2ccncc2)cc2ccc(F)cc21. The Kier molecular flexibility index (Phi) is 2.95. The van der Waals surface area contributed by atoms with Gasteiger partial charge in [0.15, 0.2) is 0 Å². The number of rotatable bonds is 2. The van der Waals surface area contributed by atoms with Crippen molar-refractivity contribution in [3.63, 3.8) is 0 Å². The molecule has 2 heterocycles. The fourth-order valence-electron chi connectivity index (χ4n) is 2.15. The highest BCUT2D eigenvalue weighted by Gasteiger charge is 2.13. The third-order valence-electron chi connectivity index (χ3n) is 3.18. The van der Waals surface area contributed by atoms with Gasteiger partial charge >= 0.3 is 0 Å². The number of aryl methyl sites for hydroxylation is 1. The lowest BCUT2D eigenvalue weighted by Crippen LogP contribution is -2.15. The number of fused-ring (bicyclic) bond motifs is 1. The van der Waals surface area contributed by atoms with Crippen molar-refractivity contribution in [1.82, 2.24) is 9.55 Å². The highest BCUT2D eigenvalue weighted by atomic mass is 19.1. The number of hydrogen-bond acceptors (Lipinski definition) is 2. The summed E-state index contributed by atoms with van der Waals surface area (Å²) < 4.78 is 14.9. The molecule has 1 N–H and O–H groups in total. The third-order valence-corrected chi connectivity index (χ3v) is 3.18. The Morgan fingerprint density at radius 2 is 1.95 bits per heavy atom.